The number of carbonyl (C=O) groups excluding carboxylic acids is 2. The van der Waals surface area contributed by atoms with Gasteiger partial charge in [-0.25, -0.2) is 4.79 Å². The van der Waals surface area contributed by atoms with Crippen LogP contribution in [-0.4, -0.2) is 66.3 Å². The van der Waals surface area contributed by atoms with Crippen molar-refractivity contribution in [1.29, 1.82) is 0 Å². The smallest absolute Gasteiger partial charge is 0.410 e. The van der Waals surface area contributed by atoms with Crippen molar-refractivity contribution in [3.05, 3.63) is 101 Å². The van der Waals surface area contributed by atoms with Gasteiger partial charge in [0, 0.05) is 32.1 Å². The first kappa shape index (κ1) is 35.2. The highest BCUT2D eigenvalue weighted by Crippen LogP contribution is 2.47. The molecule has 1 aliphatic rings. The summed E-state index contributed by atoms with van der Waals surface area (Å²) < 4.78 is 11.7. The molecule has 2 aromatic rings. The molecule has 0 aromatic heterocycles. The van der Waals surface area contributed by atoms with Gasteiger partial charge in [0.15, 0.2) is 0 Å². The number of hydrogen-bond donors (Lipinski definition) is 1. The fourth-order valence-electron chi connectivity index (χ4n) is 5.24. The Balaban J connectivity index is 1.80. The lowest BCUT2D eigenvalue weighted by Gasteiger charge is -2.34. The van der Waals surface area contributed by atoms with E-state index in [1.807, 2.05) is 39.0 Å². The standard InChI is InChI=1S/C38H50N2O5/c1-9-28-13-15-29(16-14-28)33(10-2)35(30-17-19-31(41)20-18-30)38(6)23-21-32(22-24-38)44-27-26-40(36(43)45-37(3,4)5)25-11-12-34(42)39(7)8/h11-23,41H,9-10,24-27H2,1-8H3/b12-11+,35-33-. The third kappa shape index (κ3) is 10.1. The van der Waals surface area contributed by atoms with E-state index in [4.69, 9.17) is 9.47 Å². The van der Waals surface area contributed by atoms with Crippen molar-refractivity contribution in [2.75, 3.05) is 33.8 Å². The van der Waals surface area contributed by atoms with E-state index in [0.29, 0.717) is 6.54 Å². The number of carbonyl (C=O) groups is 2. The van der Waals surface area contributed by atoms with Crippen LogP contribution in [0, 0.1) is 5.41 Å². The number of phenols is 1. The Bertz CT molecular complexity index is 1430. The van der Waals surface area contributed by atoms with E-state index in [9.17, 15) is 14.7 Å². The number of ether oxygens (including phenoxy) is 2. The van der Waals surface area contributed by atoms with E-state index < -0.39 is 11.7 Å². The molecule has 2 amide bonds. The summed E-state index contributed by atoms with van der Waals surface area (Å²) in [5, 5.41) is 10.0. The van der Waals surface area contributed by atoms with Gasteiger partial charge in [-0.3, -0.25) is 4.79 Å². The van der Waals surface area contributed by atoms with Crippen molar-refractivity contribution in [2.45, 2.75) is 66.4 Å². The quantitative estimate of drug-likeness (QED) is 0.193. The Morgan fingerprint density at radius 3 is 2.18 bits per heavy atom. The molecule has 7 heteroatoms. The van der Waals surface area contributed by atoms with Gasteiger partial charge >= 0.3 is 6.09 Å². The Morgan fingerprint density at radius 2 is 1.64 bits per heavy atom. The number of nitrogens with zero attached hydrogens (tertiary/aromatic N) is 2. The molecule has 0 bridgehead atoms. The summed E-state index contributed by atoms with van der Waals surface area (Å²) >= 11 is 0. The zero-order valence-corrected chi connectivity index (χ0v) is 28.2. The number of amides is 2. The molecule has 1 aliphatic carbocycles. The third-order valence-electron chi connectivity index (χ3n) is 7.74. The summed E-state index contributed by atoms with van der Waals surface area (Å²) in [5.74, 6) is 0.829. The molecule has 1 atom stereocenters. The minimum absolute atomic E-state index is 0.152. The Kier molecular flexibility index (Phi) is 12.2. The molecule has 45 heavy (non-hydrogen) atoms. The van der Waals surface area contributed by atoms with E-state index in [0.717, 1.165) is 30.6 Å². The van der Waals surface area contributed by atoms with Crippen molar-refractivity contribution in [1.82, 2.24) is 9.80 Å². The number of allylic oxidation sites excluding steroid dienone is 5. The highest BCUT2D eigenvalue weighted by Gasteiger charge is 2.31. The van der Waals surface area contributed by atoms with Crippen LogP contribution < -0.4 is 0 Å². The second-order valence-corrected chi connectivity index (χ2v) is 12.8. The number of hydrogen-bond acceptors (Lipinski definition) is 5. The summed E-state index contributed by atoms with van der Waals surface area (Å²) in [4.78, 5) is 27.9. The molecule has 0 heterocycles. The van der Waals surface area contributed by atoms with Gasteiger partial charge in [-0.05, 0) is 92.2 Å². The third-order valence-corrected chi connectivity index (χ3v) is 7.74. The number of rotatable bonds is 12. The minimum Gasteiger partial charge on any atom is -0.508 e. The Morgan fingerprint density at radius 1 is 1.00 bits per heavy atom. The van der Waals surface area contributed by atoms with Gasteiger partial charge in [0.1, 0.15) is 23.7 Å². The summed E-state index contributed by atoms with van der Waals surface area (Å²) in [6, 6.07) is 16.3. The van der Waals surface area contributed by atoms with Gasteiger partial charge in [-0.1, -0.05) is 69.3 Å². The van der Waals surface area contributed by atoms with Gasteiger partial charge in [-0.15, -0.1) is 0 Å². The summed E-state index contributed by atoms with van der Waals surface area (Å²) in [5.41, 5.74) is 5.10. The highest BCUT2D eigenvalue weighted by atomic mass is 16.6. The summed E-state index contributed by atoms with van der Waals surface area (Å²) in [6.45, 7) is 12.8. The van der Waals surface area contributed by atoms with Crippen LogP contribution in [0.2, 0.25) is 0 Å². The Labute approximate surface area is 269 Å². The molecular weight excluding hydrogens is 564 g/mol. The van der Waals surface area contributed by atoms with E-state index in [-0.39, 0.29) is 30.2 Å². The number of aromatic hydroxyl groups is 1. The maximum Gasteiger partial charge on any atom is 0.410 e. The van der Waals surface area contributed by atoms with Crippen LogP contribution in [0.25, 0.3) is 11.1 Å². The maximum absolute atomic E-state index is 12.9. The average molecular weight is 615 g/mol. The van der Waals surface area contributed by atoms with E-state index in [1.54, 1.807) is 32.3 Å². The molecule has 0 radical (unpaired) electrons. The molecule has 242 valence electrons. The average Bonchev–Trinajstić information content (AvgIpc) is 2.99. The largest absolute Gasteiger partial charge is 0.508 e. The van der Waals surface area contributed by atoms with Crippen LogP contribution >= 0.6 is 0 Å². The molecule has 7 nitrogen and oxygen atoms in total. The van der Waals surface area contributed by atoms with Gasteiger partial charge in [0.2, 0.25) is 5.91 Å². The maximum atomic E-state index is 12.9. The van der Waals surface area contributed by atoms with Crippen LogP contribution in [0.4, 0.5) is 4.79 Å². The highest BCUT2D eigenvalue weighted by molar-refractivity contribution is 5.94. The Hall–Kier alpha value is -4.26. The zero-order chi connectivity index (χ0) is 33.2. The number of aryl methyl sites for hydroxylation is 1. The molecule has 1 N–H and O–H groups in total. The number of phenolic OH excluding ortho intramolecular Hbond substituents is 1. The van der Waals surface area contributed by atoms with E-state index in [2.05, 4.69) is 57.2 Å². The first-order valence-electron chi connectivity index (χ1n) is 15.8. The van der Waals surface area contributed by atoms with Crippen molar-refractivity contribution in [2.24, 2.45) is 5.41 Å². The summed E-state index contributed by atoms with van der Waals surface area (Å²) in [6.07, 6.45) is 11.5. The number of likely N-dealkylation sites (N-methyl/N-ethyl adjacent to an activating group) is 1. The predicted octanol–water partition coefficient (Wildman–Crippen LogP) is 8.02. The monoisotopic (exact) mass is 614 g/mol. The lowest BCUT2D eigenvalue weighted by molar-refractivity contribution is -0.123. The van der Waals surface area contributed by atoms with Gasteiger partial charge in [0.25, 0.3) is 0 Å². The molecule has 0 aliphatic heterocycles. The van der Waals surface area contributed by atoms with Crippen LogP contribution in [-0.2, 0) is 20.7 Å². The van der Waals surface area contributed by atoms with Crippen LogP contribution in [0.1, 0.15) is 71.1 Å². The minimum atomic E-state index is -0.642. The van der Waals surface area contributed by atoms with Crippen molar-refractivity contribution >= 4 is 23.1 Å². The molecule has 2 aromatic carbocycles. The molecule has 0 saturated heterocycles. The molecule has 0 spiro atoms. The second kappa shape index (κ2) is 15.6. The zero-order valence-electron chi connectivity index (χ0n) is 28.2. The topological polar surface area (TPSA) is 79.3 Å². The normalized spacial score (nSPS) is 17.0. The van der Waals surface area contributed by atoms with E-state index >= 15 is 0 Å². The van der Waals surface area contributed by atoms with Crippen LogP contribution in [0.3, 0.4) is 0 Å². The van der Waals surface area contributed by atoms with Gasteiger partial charge in [-0.2, -0.15) is 0 Å². The fourth-order valence-corrected chi connectivity index (χ4v) is 5.24. The van der Waals surface area contributed by atoms with Gasteiger partial charge < -0.3 is 24.4 Å². The first-order chi connectivity index (χ1) is 21.3. The SMILES string of the molecule is CC/C(=C(\c1ccc(O)cc1)C1(C)C=CC(OCCN(C/C=C/C(=O)N(C)C)C(=O)OC(C)(C)C)=CC1)c1ccc(CC)cc1. The predicted molar refractivity (Wildman–Crippen MR) is 183 cm³/mol. The fraction of sp³-hybridized carbons (Fsp3) is 0.421. The van der Waals surface area contributed by atoms with Crippen molar-refractivity contribution in [3.8, 4) is 5.75 Å². The molecule has 3 rings (SSSR count). The molecule has 0 saturated carbocycles. The summed E-state index contributed by atoms with van der Waals surface area (Å²) in [7, 11) is 3.36. The van der Waals surface area contributed by atoms with Gasteiger partial charge in [0.05, 0.1) is 6.54 Å². The van der Waals surface area contributed by atoms with Crippen molar-refractivity contribution < 1.29 is 24.2 Å². The van der Waals surface area contributed by atoms with Crippen LogP contribution in [0.15, 0.2) is 84.7 Å². The van der Waals surface area contributed by atoms with Crippen LogP contribution in [0.5, 0.6) is 5.75 Å². The molecular formula is C38H50N2O5. The van der Waals surface area contributed by atoms with E-state index in [1.165, 1.54) is 38.1 Å². The molecule has 0 fully saturated rings. The lowest BCUT2D eigenvalue weighted by atomic mass is 9.70. The second-order valence-electron chi connectivity index (χ2n) is 12.8. The number of benzene rings is 2. The first-order valence-corrected chi connectivity index (χ1v) is 15.8. The van der Waals surface area contributed by atoms with Crippen molar-refractivity contribution in [3.63, 3.8) is 0 Å². The molecule has 1 unspecified atom stereocenters. The lowest BCUT2D eigenvalue weighted by Crippen LogP contribution is -2.39.